The second kappa shape index (κ2) is 7.15. The molecule has 1 aromatic heterocycles. The lowest BCUT2D eigenvalue weighted by atomic mass is 10.2. The monoisotopic (exact) mass is 318 g/mol. The van der Waals surface area contributed by atoms with Crippen molar-refractivity contribution in [3.05, 3.63) is 24.3 Å². The van der Waals surface area contributed by atoms with E-state index in [4.69, 9.17) is 4.74 Å². The predicted molar refractivity (Wildman–Crippen MR) is 89.4 cm³/mol. The molecule has 2 aromatic rings. The third-order valence-electron chi connectivity index (χ3n) is 4.18. The van der Waals surface area contributed by atoms with Crippen molar-refractivity contribution in [2.45, 2.75) is 30.5 Å². The minimum atomic E-state index is 0.729. The first kappa shape index (κ1) is 15.4. The molecule has 1 aromatic carbocycles. The zero-order chi connectivity index (χ0) is 15.4. The number of methoxy groups -OCH3 is 1. The number of benzene rings is 1. The predicted octanol–water partition coefficient (Wildman–Crippen LogP) is 3.06. The Kier molecular flexibility index (Phi) is 5.00. The summed E-state index contributed by atoms with van der Waals surface area (Å²) >= 11 is 1.73. The van der Waals surface area contributed by atoms with Crippen LogP contribution < -0.4 is 4.74 Å². The number of aromatic amines is 1. The van der Waals surface area contributed by atoms with E-state index in [0.717, 1.165) is 34.1 Å². The zero-order valence-corrected chi connectivity index (χ0v) is 13.9. The molecule has 5 nitrogen and oxygen atoms in total. The molecule has 1 aliphatic heterocycles. The van der Waals surface area contributed by atoms with E-state index >= 15 is 0 Å². The molecule has 1 N–H and O–H groups in total. The van der Waals surface area contributed by atoms with Crippen molar-refractivity contribution in [2.75, 3.05) is 26.5 Å². The Morgan fingerprint density at radius 2 is 2.18 bits per heavy atom. The normalized spacial score (nSPS) is 18.7. The van der Waals surface area contributed by atoms with Gasteiger partial charge in [-0.3, -0.25) is 5.10 Å². The summed E-state index contributed by atoms with van der Waals surface area (Å²) in [7, 11) is 3.89. The summed E-state index contributed by atoms with van der Waals surface area (Å²) < 4.78 is 5.17. The third-order valence-corrected chi connectivity index (χ3v) is 5.06. The smallest absolute Gasteiger partial charge is 0.208 e. The van der Waals surface area contributed by atoms with E-state index < -0.39 is 0 Å². The molecule has 1 aliphatic rings. The van der Waals surface area contributed by atoms with Crippen molar-refractivity contribution in [3.8, 4) is 17.1 Å². The summed E-state index contributed by atoms with van der Waals surface area (Å²) in [4.78, 5) is 7.02. The molecule has 6 heteroatoms. The summed E-state index contributed by atoms with van der Waals surface area (Å²) in [6.45, 7) is 1.23. The van der Waals surface area contributed by atoms with Gasteiger partial charge < -0.3 is 9.64 Å². The number of thioether (sulfide) groups is 1. The van der Waals surface area contributed by atoms with E-state index in [1.54, 1.807) is 18.9 Å². The Morgan fingerprint density at radius 1 is 1.36 bits per heavy atom. The number of likely N-dealkylation sites (tertiary alicyclic amines) is 1. The molecule has 1 unspecified atom stereocenters. The van der Waals surface area contributed by atoms with Crippen LogP contribution in [0.25, 0.3) is 11.4 Å². The highest BCUT2D eigenvalue weighted by Gasteiger charge is 2.20. The largest absolute Gasteiger partial charge is 0.497 e. The van der Waals surface area contributed by atoms with Crippen LogP contribution in [0.5, 0.6) is 5.75 Å². The van der Waals surface area contributed by atoms with Crippen LogP contribution in [0, 0.1) is 0 Å². The van der Waals surface area contributed by atoms with Crippen LogP contribution in [0.3, 0.4) is 0 Å². The van der Waals surface area contributed by atoms with Gasteiger partial charge in [-0.1, -0.05) is 11.8 Å². The van der Waals surface area contributed by atoms with Crippen LogP contribution in [-0.2, 0) is 0 Å². The number of rotatable bonds is 6. The van der Waals surface area contributed by atoms with Crippen molar-refractivity contribution in [1.29, 1.82) is 0 Å². The highest BCUT2D eigenvalue weighted by Crippen LogP contribution is 2.24. The van der Waals surface area contributed by atoms with Crippen LogP contribution in [-0.4, -0.2) is 52.6 Å². The summed E-state index contributed by atoms with van der Waals surface area (Å²) in [6.07, 6.45) is 3.85. The molecule has 1 fully saturated rings. The Labute approximate surface area is 135 Å². The molecule has 3 rings (SSSR count). The lowest BCUT2D eigenvalue weighted by Crippen LogP contribution is -2.25. The molecule has 22 heavy (non-hydrogen) atoms. The van der Waals surface area contributed by atoms with Gasteiger partial charge in [0.05, 0.1) is 7.11 Å². The third kappa shape index (κ3) is 3.62. The van der Waals surface area contributed by atoms with Crippen LogP contribution >= 0.6 is 11.8 Å². The number of hydrogen-bond acceptors (Lipinski definition) is 5. The van der Waals surface area contributed by atoms with Gasteiger partial charge in [-0.15, -0.1) is 5.10 Å². The highest BCUT2D eigenvalue weighted by atomic mass is 32.2. The van der Waals surface area contributed by atoms with E-state index in [1.165, 1.54) is 25.8 Å². The van der Waals surface area contributed by atoms with Crippen LogP contribution in [0.2, 0.25) is 0 Å². The highest BCUT2D eigenvalue weighted by molar-refractivity contribution is 7.99. The Balaban J connectivity index is 1.54. The second-order valence-corrected chi connectivity index (χ2v) is 6.67. The number of H-pyrrole nitrogens is 1. The first-order chi connectivity index (χ1) is 10.8. The van der Waals surface area contributed by atoms with Gasteiger partial charge >= 0.3 is 0 Å². The van der Waals surface area contributed by atoms with Crippen molar-refractivity contribution in [2.24, 2.45) is 0 Å². The van der Waals surface area contributed by atoms with E-state index in [1.807, 2.05) is 24.3 Å². The second-order valence-electron chi connectivity index (χ2n) is 5.61. The summed E-state index contributed by atoms with van der Waals surface area (Å²) in [6, 6.07) is 8.57. The molecule has 0 saturated carbocycles. The zero-order valence-electron chi connectivity index (χ0n) is 13.1. The van der Waals surface area contributed by atoms with Gasteiger partial charge in [-0.05, 0) is 57.1 Å². The summed E-state index contributed by atoms with van der Waals surface area (Å²) in [5.41, 5.74) is 1.02. The van der Waals surface area contributed by atoms with Crippen molar-refractivity contribution < 1.29 is 4.74 Å². The van der Waals surface area contributed by atoms with E-state index in [-0.39, 0.29) is 0 Å². The molecule has 0 aliphatic carbocycles. The van der Waals surface area contributed by atoms with Gasteiger partial charge in [-0.25, -0.2) is 4.98 Å². The molecular weight excluding hydrogens is 296 g/mol. The lowest BCUT2D eigenvalue weighted by Gasteiger charge is -2.18. The van der Waals surface area contributed by atoms with Crippen LogP contribution in [0.15, 0.2) is 29.4 Å². The van der Waals surface area contributed by atoms with Gasteiger partial charge in [0.25, 0.3) is 0 Å². The van der Waals surface area contributed by atoms with E-state index in [9.17, 15) is 0 Å². The van der Waals surface area contributed by atoms with Gasteiger partial charge in [0.2, 0.25) is 5.16 Å². The fourth-order valence-corrected chi connectivity index (χ4v) is 3.66. The summed E-state index contributed by atoms with van der Waals surface area (Å²) in [5.74, 6) is 2.72. The van der Waals surface area contributed by atoms with E-state index in [2.05, 4.69) is 27.1 Å². The lowest BCUT2D eigenvalue weighted by molar-refractivity contribution is 0.305. The van der Waals surface area contributed by atoms with Gasteiger partial charge in [0.1, 0.15) is 5.75 Å². The number of nitrogens with zero attached hydrogens (tertiary/aromatic N) is 3. The van der Waals surface area contributed by atoms with Crippen molar-refractivity contribution in [3.63, 3.8) is 0 Å². The molecule has 1 saturated heterocycles. The first-order valence-electron chi connectivity index (χ1n) is 7.66. The molecule has 2 heterocycles. The van der Waals surface area contributed by atoms with Gasteiger partial charge in [-0.2, -0.15) is 0 Å². The standard InChI is InChI=1S/C16H22N4OS/c1-20-10-3-4-13(20)9-11-22-16-17-15(18-19-16)12-5-7-14(21-2)8-6-12/h5-8,13H,3-4,9-11H2,1-2H3,(H,17,18,19). The fourth-order valence-electron chi connectivity index (χ4n) is 2.82. The molecule has 0 spiro atoms. The molecule has 118 valence electrons. The van der Waals surface area contributed by atoms with Crippen molar-refractivity contribution in [1.82, 2.24) is 20.1 Å². The SMILES string of the molecule is COc1ccc(-c2nc(SCCC3CCCN3C)n[nH]2)cc1. The minimum absolute atomic E-state index is 0.729. The number of nitrogens with one attached hydrogen (secondary N) is 1. The van der Waals surface area contributed by atoms with Crippen LogP contribution in [0.4, 0.5) is 0 Å². The van der Waals surface area contributed by atoms with Gasteiger partial charge in [0, 0.05) is 17.4 Å². The minimum Gasteiger partial charge on any atom is -0.497 e. The van der Waals surface area contributed by atoms with Crippen LogP contribution in [0.1, 0.15) is 19.3 Å². The van der Waals surface area contributed by atoms with E-state index in [0.29, 0.717) is 0 Å². The number of ether oxygens (including phenoxy) is 1. The molecule has 0 amide bonds. The Bertz CT molecular complexity index is 598. The topological polar surface area (TPSA) is 54.0 Å². The molecule has 0 bridgehead atoms. The summed E-state index contributed by atoms with van der Waals surface area (Å²) in [5, 5.41) is 8.14. The Morgan fingerprint density at radius 3 is 2.86 bits per heavy atom. The maximum atomic E-state index is 5.17. The average molecular weight is 318 g/mol. The number of aromatic nitrogens is 3. The quantitative estimate of drug-likeness (QED) is 0.830. The average Bonchev–Trinajstić information content (AvgIpc) is 3.17. The molecular formula is C16H22N4OS. The van der Waals surface area contributed by atoms with Gasteiger partial charge in [0.15, 0.2) is 5.82 Å². The van der Waals surface area contributed by atoms with Crippen molar-refractivity contribution >= 4 is 11.8 Å². The molecule has 0 radical (unpaired) electrons. The molecule has 1 atom stereocenters. The maximum Gasteiger partial charge on any atom is 0.208 e. The first-order valence-corrected chi connectivity index (χ1v) is 8.64. The Hall–Kier alpha value is -1.53. The fraction of sp³-hybridized carbons (Fsp3) is 0.500. The number of hydrogen-bond donors (Lipinski definition) is 1. The maximum absolute atomic E-state index is 5.17.